The van der Waals surface area contributed by atoms with E-state index in [4.69, 9.17) is 0 Å². The van der Waals surface area contributed by atoms with E-state index >= 15 is 0 Å². The van der Waals surface area contributed by atoms with Crippen molar-refractivity contribution in [2.24, 2.45) is 0 Å². The molecule has 2 heteroatoms. The van der Waals surface area contributed by atoms with Crippen LogP contribution in [0.1, 0.15) is 23.7 Å². The lowest BCUT2D eigenvalue weighted by atomic mass is 9.93. The zero-order valence-corrected chi connectivity index (χ0v) is 11.3. The van der Waals surface area contributed by atoms with Crippen LogP contribution in [0.15, 0.2) is 60.8 Å². The number of fused-ring (bicyclic) bond motifs is 1. The molecule has 0 aliphatic carbocycles. The largest absolute Gasteiger partial charge is 0.294 e. The van der Waals surface area contributed by atoms with Crippen LogP contribution in [-0.2, 0) is 0 Å². The molecule has 0 unspecified atom stereocenters. The number of hydrogen-bond acceptors (Lipinski definition) is 2. The summed E-state index contributed by atoms with van der Waals surface area (Å²) in [6, 6.07) is 17.8. The topological polar surface area (TPSA) is 30.0 Å². The van der Waals surface area contributed by atoms with Crippen molar-refractivity contribution in [3.8, 4) is 11.3 Å². The van der Waals surface area contributed by atoms with Gasteiger partial charge in [0.25, 0.3) is 0 Å². The Hall–Kier alpha value is -2.48. The van der Waals surface area contributed by atoms with Gasteiger partial charge in [0.2, 0.25) is 0 Å². The normalized spacial score (nSPS) is 10.7. The van der Waals surface area contributed by atoms with Crippen LogP contribution < -0.4 is 0 Å². The second-order valence-corrected chi connectivity index (χ2v) is 4.70. The van der Waals surface area contributed by atoms with E-state index in [2.05, 4.69) is 4.98 Å². The van der Waals surface area contributed by atoms with Gasteiger partial charge in [-0.1, -0.05) is 49.4 Å². The lowest BCUT2D eigenvalue weighted by molar-refractivity contribution is 0.0990. The Morgan fingerprint density at radius 3 is 2.55 bits per heavy atom. The first-order chi connectivity index (χ1) is 9.81. The fourth-order valence-electron chi connectivity index (χ4n) is 2.48. The quantitative estimate of drug-likeness (QED) is 0.650. The van der Waals surface area contributed by atoms with Crippen LogP contribution in [-0.4, -0.2) is 10.8 Å². The second kappa shape index (κ2) is 5.25. The number of carbonyl (C=O) groups excluding carboxylic acids is 1. The molecule has 0 aliphatic heterocycles. The molecule has 0 N–H and O–H groups in total. The first-order valence-corrected chi connectivity index (χ1v) is 6.77. The van der Waals surface area contributed by atoms with E-state index in [0.717, 1.165) is 27.6 Å². The summed E-state index contributed by atoms with van der Waals surface area (Å²) in [6.45, 7) is 1.90. The molecule has 98 valence electrons. The third-order valence-electron chi connectivity index (χ3n) is 3.47. The summed E-state index contributed by atoms with van der Waals surface area (Å²) in [4.78, 5) is 16.8. The first-order valence-electron chi connectivity index (χ1n) is 6.77. The maximum Gasteiger partial charge on any atom is 0.163 e. The van der Waals surface area contributed by atoms with E-state index in [1.165, 1.54) is 0 Å². The Morgan fingerprint density at radius 2 is 1.80 bits per heavy atom. The highest BCUT2D eigenvalue weighted by atomic mass is 16.1. The molecule has 0 amide bonds. The van der Waals surface area contributed by atoms with Crippen molar-refractivity contribution < 1.29 is 4.79 Å². The number of pyridine rings is 1. The first kappa shape index (κ1) is 12.5. The third-order valence-corrected chi connectivity index (χ3v) is 3.47. The van der Waals surface area contributed by atoms with E-state index in [-0.39, 0.29) is 5.78 Å². The zero-order chi connectivity index (χ0) is 13.9. The van der Waals surface area contributed by atoms with E-state index in [9.17, 15) is 4.79 Å². The summed E-state index contributed by atoms with van der Waals surface area (Å²) in [6.07, 6.45) is 2.25. The highest BCUT2D eigenvalue weighted by Crippen LogP contribution is 2.30. The molecule has 0 saturated heterocycles. The molecule has 0 fully saturated rings. The van der Waals surface area contributed by atoms with Crippen LogP contribution in [0, 0.1) is 0 Å². The van der Waals surface area contributed by atoms with Gasteiger partial charge in [-0.3, -0.25) is 9.78 Å². The van der Waals surface area contributed by atoms with Gasteiger partial charge >= 0.3 is 0 Å². The van der Waals surface area contributed by atoms with Gasteiger partial charge in [-0.05, 0) is 22.9 Å². The summed E-state index contributed by atoms with van der Waals surface area (Å²) in [5.41, 5.74) is 2.54. The predicted molar refractivity (Wildman–Crippen MR) is 81.8 cm³/mol. The minimum absolute atomic E-state index is 0.155. The molecule has 0 aliphatic rings. The van der Waals surface area contributed by atoms with E-state index in [0.29, 0.717) is 6.42 Å². The summed E-state index contributed by atoms with van der Waals surface area (Å²) in [7, 11) is 0. The van der Waals surface area contributed by atoms with Crippen LogP contribution in [0.4, 0.5) is 0 Å². The van der Waals surface area contributed by atoms with E-state index in [1.54, 1.807) is 6.20 Å². The third kappa shape index (κ3) is 2.10. The van der Waals surface area contributed by atoms with E-state index < -0.39 is 0 Å². The fourth-order valence-corrected chi connectivity index (χ4v) is 2.48. The molecular weight excluding hydrogens is 246 g/mol. The highest BCUT2D eigenvalue weighted by molar-refractivity contribution is 6.13. The van der Waals surface area contributed by atoms with E-state index in [1.807, 2.05) is 61.5 Å². The van der Waals surface area contributed by atoms with Gasteiger partial charge in [-0.2, -0.15) is 0 Å². The van der Waals surface area contributed by atoms with Gasteiger partial charge in [0.15, 0.2) is 5.78 Å². The smallest absolute Gasteiger partial charge is 0.163 e. The van der Waals surface area contributed by atoms with Gasteiger partial charge in [0, 0.05) is 23.7 Å². The molecule has 0 spiro atoms. The van der Waals surface area contributed by atoms with Crippen molar-refractivity contribution in [3.63, 3.8) is 0 Å². The second-order valence-electron chi connectivity index (χ2n) is 4.70. The number of nitrogens with zero attached hydrogens (tertiary/aromatic N) is 1. The van der Waals surface area contributed by atoms with Crippen LogP contribution >= 0.6 is 0 Å². The van der Waals surface area contributed by atoms with Crippen LogP contribution in [0.5, 0.6) is 0 Å². The maximum atomic E-state index is 12.4. The monoisotopic (exact) mass is 261 g/mol. The Balaban J connectivity index is 2.35. The highest BCUT2D eigenvalue weighted by Gasteiger charge is 2.15. The van der Waals surface area contributed by atoms with Gasteiger partial charge in [0.05, 0.1) is 5.69 Å². The van der Waals surface area contributed by atoms with Crippen LogP contribution in [0.3, 0.4) is 0 Å². The molecular formula is C18H15NO. The number of Topliss-reactive ketones (excluding diaryl/α,β-unsaturated/α-hetero) is 1. The van der Waals surface area contributed by atoms with Crippen molar-refractivity contribution >= 4 is 16.6 Å². The predicted octanol–water partition coefficient (Wildman–Crippen LogP) is 4.49. The minimum atomic E-state index is 0.155. The van der Waals surface area contributed by atoms with Crippen LogP contribution in [0.2, 0.25) is 0 Å². The Labute approximate surface area is 118 Å². The summed E-state index contributed by atoms with van der Waals surface area (Å²) < 4.78 is 0. The number of carbonyl (C=O) groups is 1. The molecule has 2 aromatic carbocycles. The average Bonchev–Trinajstić information content (AvgIpc) is 2.54. The molecule has 20 heavy (non-hydrogen) atoms. The van der Waals surface area contributed by atoms with Crippen molar-refractivity contribution in [3.05, 3.63) is 66.4 Å². The van der Waals surface area contributed by atoms with Crippen molar-refractivity contribution in [1.29, 1.82) is 0 Å². The molecule has 1 aromatic heterocycles. The zero-order valence-electron chi connectivity index (χ0n) is 11.3. The molecule has 0 radical (unpaired) electrons. The van der Waals surface area contributed by atoms with Crippen molar-refractivity contribution in [2.75, 3.05) is 0 Å². The van der Waals surface area contributed by atoms with Crippen LogP contribution in [0.25, 0.3) is 22.0 Å². The Morgan fingerprint density at radius 1 is 1.00 bits per heavy atom. The molecule has 3 rings (SSSR count). The number of benzene rings is 2. The lowest BCUT2D eigenvalue weighted by Crippen LogP contribution is -2.02. The summed E-state index contributed by atoms with van der Waals surface area (Å²) in [5, 5.41) is 2.09. The van der Waals surface area contributed by atoms with Gasteiger partial charge in [-0.25, -0.2) is 0 Å². The van der Waals surface area contributed by atoms with Crippen molar-refractivity contribution in [2.45, 2.75) is 13.3 Å². The fraction of sp³-hybridized carbons (Fsp3) is 0.111. The minimum Gasteiger partial charge on any atom is -0.294 e. The Kier molecular flexibility index (Phi) is 3.30. The summed E-state index contributed by atoms with van der Waals surface area (Å²) >= 11 is 0. The molecule has 2 nitrogen and oxygen atoms in total. The molecule has 0 bridgehead atoms. The van der Waals surface area contributed by atoms with Gasteiger partial charge < -0.3 is 0 Å². The maximum absolute atomic E-state index is 12.4. The van der Waals surface area contributed by atoms with Gasteiger partial charge in [-0.15, -0.1) is 0 Å². The number of aromatic nitrogens is 1. The van der Waals surface area contributed by atoms with Gasteiger partial charge in [0.1, 0.15) is 0 Å². The number of rotatable bonds is 3. The number of hydrogen-bond donors (Lipinski definition) is 0. The average molecular weight is 261 g/mol. The lowest BCUT2D eigenvalue weighted by Gasteiger charge is -2.11. The number of ketones is 1. The SMILES string of the molecule is CCC(=O)c1c(-c2ccccn2)ccc2ccccc12. The standard InChI is InChI=1S/C18H15NO/c1-2-17(20)18-14-8-4-3-7-13(14)10-11-15(18)16-9-5-6-12-19-16/h3-12H,2H2,1H3. The molecule has 1 heterocycles. The molecule has 0 saturated carbocycles. The Bertz CT molecular complexity index is 763. The summed E-state index contributed by atoms with van der Waals surface area (Å²) in [5.74, 6) is 0.155. The van der Waals surface area contributed by atoms with Crippen molar-refractivity contribution in [1.82, 2.24) is 4.98 Å². The molecule has 0 atom stereocenters. The molecule has 3 aromatic rings.